The number of nitrogens with one attached hydrogen (secondary N) is 2. The zero-order valence-corrected chi connectivity index (χ0v) is 14.4. The van der Waals surface area contributed by atoms with Crippen LogP contribution in [0.3, 0.4) is 0 Å². The number of amides is 1. The van der Waals surface area contributed by atoms with Gasteiger partial charge in [0.25, 0.3) is 5.91 Å². The predicted molar refractivity (Wildman–Crippen MR) is 93.6 cm³/mol. The highest BCUT2D eigenvalue weighted by Crippen LogP contribution is 2.26. The van der Waals surface area contributed by atoms with Gasteiger partial charge < -0.3 is 10.6 Å². The molecular weight excluding hydrogens is 342 g/mol. The summed E-state index contributed by atoms with van der Waals surface area (Å²) in [6, 6.07) is 9.65. The average Bonchev–Trinajstić information content (AvgIpc) is 2.51. The molecule has 2 rings (SSSR count). The Balaban J connectivity index is 2.01. The van der Waals surface area contributed by atoms with Gasteiger partial charge in [-0.15, -0.1) is 0 Å². The lowest BCUT2D eigenvalue weighted by Crippen LogP contribution is -2.24. The molecule has 22 heavy (non-hydrogen) atoms. The largest absolute Gasteiger partial charge is 0.352 e. The third kappa shape index (κ3) is 4.56. The summed E-state index contributed by atoms with van der Waals surface area (Å²) in [7, 11) is 0. The molecule has 0 fully saturated rings. The van der Waals surface area contributed by atoms with Gasteiger partial charge in [0.1, 0.15) is 5.82 Å². The molecular formula is C17H20BrN3O. The zero-order valence-electron chi connectivity index (χ0n) is 12.8. The van der Waals surface area contributed by atoms with E-state index in [-0.39, 0.29) is 5.91 Å². The Morgan fingerprint density at radius 1 is 1.27 bits per heavy atom. The van der Waals surface area contributed by atoms with E-state index in [0.29, 0.717) is 17.9 Å². The van der Waals surface area contributed by atoms with Crippen molar-refractivity contribution in [1.29, 1.82) is 0 Å². The van der Waals surface area contributed by atoms with Crippen LogP contribution in [-0.2, 0) is 0 Å². The van der Waals surface area contributed by atoms with Gasteiger partial charge >= 0.3 is 0 Å². The summed E-state index contributed by atoms with van der Waals surface area (Å²) >= 11 is 3.52. The summed E-state index contributed by atoms with van der Waals surface area (Å²) in [6.45, 7) is 4.84. The standard InChI is InChI=1S/C17H20BrN3O/c1-3-4-9-19-17(22)13-6-8-16(20-11-13)21-15-7-5-12(2)10-14(15)18/h5-8,10-11H,3-4,9H2,1-2H3,(H,19,22)(H,20,21). The molecule has 2 aromatic rings. The van der Waals surface area contributed by atoms with Crippen LogP contribution >= 0.6 is 15.9 Å². The highest BCUT2D eigenvalue weighted by Gasteiger charge is 2.06. The summed E-state index contributed by atoms with van der Waals surface area (Å²) < 4.78 is 0.982. The molecule has 1 amide bonds. The molecule has 4 nitrogen and oxygen atoms in total. The van der Waals surface area contributed by atoms with Crippen LogP contribution < -0.4 is 10.6 Å². The number of anilines is 2. The number of unbranched alkanes of at least 4 members (excludes halogenated alkanes) is 1. The molecule has 0 unspecified atom stereocenters. The number of pyridine rings is 1. The fraction of sp³-hybridized carbons (Fsp3) is 0.294. The Morgan fingerprint density at radius 2 is 2.09 bits per heavy atom. The first kappa shape index (κ1) is 16.5. The Bertz CT molecular complexity index is 641. The van der Waals surface area contributed by atoms with E-state index in [4.69, 9.17) is 0 Å². The first-order valence-electron chi connectivity index (χ1n) is 7.37. The van der Waals surface area contributed by atoms with E-state index >= 15 is 0 Å². The number of aryl methyl sites for hydroxylation is 1. The molecule has 116 valence electrons. The SMILES string of the molecule is CCCCNC(=O)c1ccc(Nc2ccc(C)cc2Br)nc1. The monoisotopic (exact) mass is 361 g/mol. The number of nitrogens with zero attached hydrogens (tertiary/aromatic N) is 1. The van der Waals surface area contributed by atoms with Crippen molar-refractivity contribution in [3.63, 3.8) is 0 Å². The number of rotatable bonds is 6. The lowest BCUT2D eigenvalue weighted by atomic mass is 10.2. The molecule has 2 N–H and O–H groups in total. The lowest BCUT2D eigenvalue weighted by Gasteiger charge is -2.09. The maximum atomic E-state index is 11.9. The number of carbonyl (C=O) groups is 1. The van der Waals surface area contributed by atoms with Crippen LogP contribution in [0.2, 0.25) is 0 Å². The second-order valence-corrected chi connectivity index (χ2v) is 6.00. The van der Waals surface area contributed by atoms with Gasteiger partial charge in [-0.1, -0.05) is 19.4 Å². The maximum Gasteiger partial charge on any atom is 0.252 e. The molecule has 0 aliphatic rings. The van der Waals surface area contributed by atoms with Crippen molar-refractivity contribution in [2.75, 3.05) is 11.9 Å². The van der Waals surface area contributed by atoms with E-state index in [2.05, 4.69) is 38.5 Å². The van der Waals surface area contributed by atoms with Crippen molar-refractivity contribution in [3.8, 4) is 0 Å². The summed E-state index contributed by atoms with van der Waals surface area (Å²) in [5.74, 6) is 0.624. The number of aromatic nitrogens is 1. The van der Waals surface area contributed by atoms with Crippen LogP contribution in [-0.4, -0.2) is 17.4 Å². The quantitative estimate of drug-likeness (QED) is 0.748. The van der Waals surface area contributed by atoms with Crippen molar-refractivity contribution in [2.24, 2.45) is 0 Å². The third-order valence-electron chi connectivity index (χ3n) is 3.23. The van der Waals surface area contributed by atoms with Crippen LogP contribution in [0.4, 0.5) is 11.5 Å². The molecule has 0 aliphatic heterocycles. The van der Waals surface area contributed by atoms with Crippen LogP contribution in [0.15, 0.2) is 41.0 Å². The molecule has 0 saturated heterocycles. The lowest BCUT2D eigenvalue weighted by molar-refractivity contribution is 0.0953. The number of hydrogen-bond acceptors (Lipinski definition) is 3. The van der Waals surface area contributed by atoms with Gasteiger partial charge in [0, 0.05) is 17.2 Å². The van der Waals surface area contributed by atoms with Crippen molar-refractivity contribution in [2.45, 2.75) is 26.7 Å². The van der Waals surface area contributed by atoms with E-state index in [9.17, 15) is 4.79 Å². The van der Waals surface area contributed by atoms with Gasteiger partial charge in [0.15, 0.2) is 0 Å². The minimum atomic E-state index is -0.0796. The Hall–Kier alpha value is -1.88. The van der Waals surface area contributed by atoms with Crippen LogP contribution in [0.1, 0.15) is 35.7 Å². The molecule has 0 radical (unpaired) electrons. The summed E-state index contributed by atoms with van der Waals surface area (Å²) in [5.41, 5.74) is 2.70. The molecule has 1 aromatic heterocycles. The second-order valence-electron chi connectivity index (χ2n) is 5.15. The summed E-state index contributed by atoms with van der Waals surface area (Å²) in [5, 5.41) is 6.11. The summed E-state index contributed by atoms with van der Waals surface area (Å²) in [6.07, 6.45) is 3.64. The average molecular weight is 362 g/mol. The third-order valence-corrected chi connectivity index (χ3v) is 3.88. The minimum Gasteiger partial charge on any atom is -0.352 e. The van der Waals surface area contributed by atoms with Gasteiger partial charge in [-0.05, 0) is 59.1 Å². The van der Waals surface area contributed by atoms with Gasteiger partial charge in [-0.2, -0.15) is 0 Å². The predicted octanol–water partition coefficient (Wildman–Crippen LogP) is 4.43. The van der Waals surface area contributed by atoms with Crippen molar-refractivity contribution >= 4 is 33.3 Å². The van der Waals surface area contributed by atoms with Crippen molar-refractivity contribution in [3.05, 3.63) is 52.1 Å². The molecule has 0 aliphatic carbocycles. The van der Waals surface area contributed by atoms with Crippen molar-refractivity contribution < 1.29 is 4.79 Å². The number of hydrogen-bond donors (Lipinski definition) is 2. The molecule has 1 aromatic carbocycles. The molecule has 1 heterocycles. The highest BCUT2D eigenvalue weighted by molar-refractivity contribution is 9.10. The maximum absolute atomic E-state index is 11.9. The molecule has 0 bridgehead atoms. The number of benzene rings is 1. The fourth-order valence-electron chi connectivity index (χ4n) is 1.94. The Labute approximate surface area is 139 Å². The van der Waals surface area contributed by atoms with E-state index in [1.165, 1.54) is 5.56 Å². The van der Waals surface area contributed by atoms with Crippen LogP contribution in [0.25, 0.3) is 0 Å². The second kappa shape index (κ2) is 7.94. The van der Waals surface area contributed by atoms with Gasteiger partial charge in [-0.3, -0.25) is 4.79 Å². The van der Waals surface area contributed by atoms with Crippen molar-refractivity contribution in [1.82, 2.24) is 10.3 Å². The smallest absolute Gasteiger partial charge is 0.252 e. The first-order valence-corrected chi connectivity index (χ1v) is 8.17. The molecule has 0 spiro atoms. The Morgan fingerprint density at radius 3 is 2.73 bits per heavy atom. The highest BCUT2D eigenvalue weighted by atomic mass is 79.9. The van der Waals surface area contributed by atoms with E-state index in [1.54, 1.807) is 18.3 Å². The van der Waals surface area contributed by atoms with E-state index in [0.717, 1.165) is 23.0 Å². The minimum absolute atomic E-state index is 0.0796. The normalized spacial score (nSPS) is 10.3. The van der Waals surface area contributed by atoms with E-state index < -0.39 is 0 Å². The Kier molecular flexibility index (Phi) is 5.95. The molecule has 0 atom stereocenters. The fourth-order valence-corrected chi connectivity index (χ4v) is 2.53. The molecule has 5 heteroatoms. The van der Waals surface area contributed by atoms with Gasteiger partial charge in [0.05, 0.1) is 11.3 Å². The topological polar surface area (TPSA) is 54.0 Å². The van der Waals surface area contributed by atoms with Gasteiger partial charge in [0.2, 0.25) is 0 Å². The first-order chi connectivity index (χ1) is 10.6. The van der Waals surface area contributed by atoms with E-state index in [1.807, 2.05) is 25.1 Å². The molecule has 0 saturated carbocycles. The van der Waals surface area contributed by atoms with Crippen LogP contribution in [0.5, 0.6) is 0 Å². The summed E-state index contributed by atoms with van der Waals surface area (Å²) in [4.78, 5) is 16.2. The van der Waals surface area contributed by atoms with Gasteiger partial charge in [-0.25, -0.2) is 4.98 Å². The number of halogens is 1. The number of carbonyl (C=O) groups excluding carboxylic acids is 1. The zero-order chi connectivity index (χ0) is 15.9. The van der Waals surface area contributed by atoms with Crippen LogP contribution in [0, 0.1) is 6.92 Å².